The Kier molecular flexibility index (Phi) is 5.12. The molecule has 0 radical (unpaired) electrons. The monoisotopic (exact) mass is 329 g/mol. The molecule has 0 saturated heterocycles. The number of halogens is 2. The molecule has 0 spiro atoms. The standard InChI is InChI=1S/C14H17F2N3O2S/c1-11(12-5-3-2-4-6-12)10-22(20,21)18-14-7-8-19(17-14)9-13(15)16/h2-8,11,13H,9-10H2,1H3,(H,17,18)/t11-/m0/s1. The number of rotatable bonds is 7. The highest BCUT2D eigenvalue weighted by Crippen LogP contribution is 2.18. The number of nitrogens with zero attached hydrogens (tertiary/aromatic N) is 2. The largest absolute Gasteiger partial charge is 0.266 e. The van der Waals surface area contributed by atoms with Crippen LogP contribution < -0.4 is 4.72 Å². The van der Waals surface area contributed by atoms with Crippen LogP contribution in [0, 0.1) is 0 Å². The number of alkyl halides is 2. The molecule has 5 nitrogen and oxygen atoms in total. The van der Waals surface area contributed by atoms with Crippen LogP contribution in [0.2, 0.25) is 0 Å². The smallest absolute Gasteiger partial charge is 0.257 e. The van der Waals surface area contributed by atoms with E-state index in [0.717, 1.165) is 10.2 Å². The van der Waals surface area contributed by atoms with Gasteiger partial charge in [-0.05, 0) is 11.5 Å². The lowest BCUT2D eigenvalue weighted by molar-refractivity contribution is 0.122. The summed E-state index contributed by atoms with van der Waals surface area (Å²) >= 11 is 0. The Bertz CT molecular complexity index is 702. The van der Waals surface area contributed by atoms with Gasteiger partial charge in [0.1, 0.15) is 6.54 Å². The molecule has 1 heterocycles. The first kappa shape index (κ1) is 16.4. The third-order valence-electron chi connectivity index (χ3n) is 3.06. The Labute approximate surface area is 128 Å². The summed E-state index contributed by atoms with van der Waals surface area (Å²) in [6.07, 6.45) is -1.23. The van der Waals surface area contributed by atoms with Crippen molar-refractivity contribution in [3.05, 3.63) is 48.2 Å². The summed E-state index contributed by atoms with van der Waals surface area (Å²) in [5, 5.41) is 3.76. The van der Waals surface area contributed by atoms with Gasteiger partial charge in [-0.25, -0.2) is 17.2 Å². The summed E-state index contributed by atoms with van der Waals surface area (Å²) in [6, 6.07) is 10.6. The summed E-state index contributed by atoms with van der Waals surface area (Å²) in [6.45, 7) is 1.24. The fourth-order valence-corrected chi connectivity index (χ4v) is 3.43. The van der Waals surface area contributed by atoms with E-state index in [1.165, 1.54) is 12.3 Å². The Balaban J connectivity index is 2.00. The Morgan fingerprint density at radius 3 is 2.55 bits per heavy atom. The van der Waals surface area contributed by atoms with Crippen molar-refractivity contribution in [1.29, 1.82) is 0 Å². The third-order valence-corrected chi connectivity index (χ3v) is 4.52. The fourth-order valence-electron chi connectivity index (χ4n) is 2.07. The van der Waals surface area contributed by atoms with Gasteiger partial charge in [-0.1, -0.05) is 37.3 Å². The molecule has 2 aromatic rings. The van der Waals surface area contributed by atoms with Gasteiger partial charge in [-0.3, -0.25) is 9.40 Å². The van der Waals surface area contributed by atoms with Gasteiger partial charge < -0.3 is 0 Å². The normalized spacial score (nSPS) is 13.3. The number of benzene rings is 1. The minimum atomic E-state index is -3.61. The maximum Gasteiger partial charge on any atom is 0.257 e. The van der Waals surface area contributed by atoms with E-state index in [1.807, 2.05) is 37.3 Å². The Morgan fingerprint density at radius 1 is 1.23 bits per heavy atom. The molecule has 0 aliphatic rings. The van der Waals surface area contributed by atoms with Crippen LogP contribution in [0.25, 0.3) is 0 Å². The highest BCUT2D eigenvalue weighted by atomic mass is 32.2. The first-order valence-corrected chi connectivity index (χ1v) is 8.38. The average molecular weight is 329 g/mol. The summed E-state index contributed by atoms with van der Waals surface area (Å²) in [5.41, 5.74) is 0.913. The molecule has 0 fully saturated rings. The van der Waals surface area contributed by atoms with Crippen molar-refractivity contribution in [3.63, 3.8) is 0 Å². The molecule has 0 saturated carbocycles. The van der Waals surface area contributed by atoms with Gasteiger partial charge in [-0.2, -0.15) is 5.10 Å². The summed E-state index contributed by atoms with van der Waals surface area (Å²) < 4.78 is 52.0. The van der Waals surface area contributed by atoms with Crippen molar-refractivity contribution in [2.75, 3.05) is 10.5 Å². The lowest BCUT2D eigenvalue weighted by Gasteiger charge is -2.12. The van der Waals surface area contributed by atoms with Crippen molar-refractivity contribution in [3.8, 4) is 0 Å². The van der Waals surface area contributed by atoms with E-state index >= 15 is 0 Å². The molecule has 0 amide bonds. The third kappa shape index (κ3) is 4.80. The first-order valence-electron chi connectivity index (χ1n) is 6.73. The highest BCUT2D eigenvalue weighted by molar-refractivity contribution is 7.92. The van der Waals surface area contributed by atoms with Gasteiger partial charge in [0.2, 0.25) is 10.0 Å². The fraction of sp³-hybridized carbons (Fsp3) is 0.357. The van der Waals surface area contributed by atoms with Gasteiger partial charge in [0.25, 0.3) is 6.43 Å². The topological polar surface area (TPSA) is 64.0 Å². The van der Waals surface area contributed by atoms with E-state index in [2.05, 4.69) is 9.82 Å². The molecule has 1 aromatic carbocycles. The van der Waals surface area contributed by atoms with Crippen LogP contribution in [0.3, 0.4) is 0 Å². The molecule has 0 aliphatic heterocycles. The number of anilines is 1. The van der Waals surface area contributed by atoms with E-state index in [0.29, 0.717) is 0 Å². The molecule has 1 N–H and O–H groups in total. The molecule has 1 aromatic heterocycles. The lowest BCUT2D eigenvalue weighted by atomic mass is 10.0. The van der Waals surface area contributed by atoms with Crippen molar-refractivity contribution in [2.24, 2.45) is 0 Å². The van der Waals surface area contributed by atoms with E-state index in [4.69, 9.17) is 0 Å². The van der Waals surface area contributed by atoms with Crippen LogP contribution in [-0.4, -0.2) is 30.4 Å². The molecule has 8 heteroatoms. The number of sulfonamides is 1. The van der Waals surface area contributed by atoms with E-state index in [9.17, 15) is 17.2 Å². The maximum absolute atomic E-state index is 12.2. The molecular formula is C14H17F2N3O2S. The zero-order valence-electron chi connectivity index (χ0n) is 12.0. The molecular weight excluding hydrogens is 312 g/mol. The predicted octanol–water partition coefficient (Wildman–Crippen LogP) is 2.69. The molecule has 120 valence electrons. The summed E-state index contributed by atoms with van der Waals surface area (Å²) in [7, 11) is -3.61. The molecule has 0 bridgehead atoms. The second-order valence-corrected chi connectivity index (χ2v) is 6.78. The van der Waals surface area contributed by atoms with Crippen LogP contribution in [0.1, 0.15) is 18.4 Å². The Hall–Kier alpha value is -1.96. The molecule has 2 rings (SSSR count). The molecule has 1 atom stereocenters. The van der Waals surface area contributed by atoms with Gasteiger partial charge >= 0.3 is 0 Å². The minimum absolute atomic E-state index is 0.0425. The quantitative estimate of drug-likeness (QED) is 0.849. The van der Waals surface area contributed by atoms with Gasteiger partial charge in [-0.15, -0.1) is 0 Å². The number of hydrogen-bond donors (Lipinski definition) is 1. The van der Waals surface area contributed by atoms with Crippen LogP contribution in [0.15, 0.2) is 42.6 Å². The second-order valence-electron chi connectivity index (χ2n) is 5.01. The van der Waals surface area contributed by atoms with Crippen LogP contribution >= 0.6 is 0 Å². The van der Waals surface area contributed by atoms with Crippen molar-refractivity contribution in [1.82, 2.24) is 9.78 Å². The second kappa shape index (κ2) is 6.87. The first-order chi connectivity index (χ1) is 10.4. The van der Waals surface area contributed by atoms with Gasteiger partial charge in [0.15, 0.2) is 5.82 Å². The number of nitrogens with one attached hydrogen (secondary N) is 1. The van der Waals surface area contributed by atoms with E-state index in [-0.39, 0.29) is 17.5 Å². The van der Waals surface area contributed by atoms with Crippen molar-refractivity contribution < 1.29 is 17.2 Å². The number of aromatic nitrogens is 2. The van der Waals surface area contributed by atoms with Crippen molar-refractivity contribution >= 4 is 15.8 Å². The molecule has 0 aliphatic carbocycles. The lowest BCUT2D eigenvalue weighted by Crippen LogP contribution is -2.21. The van der Waals surface area contributed by atoms with Gasteiger partial charge in [0.05, 0.1) is 5.75 Å². The average Bonchev–Trinajstić information content (AvgIpc) is 2.84. The minimum Gasteiger partial charge on any atom is -0.266 e. The molecule has 22 heavy (non-hydrogen) atoms. The van der Waals surface area contributed by atoms with Gasteiger partial charge in [0, 0.05) is 12.3 Å². The van der Waals surface area contributed by atoms with Crippen molar-refractivity contribution in [2.45, 2.75) is 25.8 Å². The zero-order chi connectivity index (χ0) is 16.2. The van der Waals surface area contributed by atoms with Crippen LogP contribution in [-0.2, 0) is 16.6 Å². The zero-order valence-corrected chi connectivity index (χ0v) is 12.8. The molecule has 0 unspecified atom stereocenters. The summed E-state index contributed by atoms with van der Waals surface area (Å²) in [4.78, 5) is 0. The highest BCUT2D eigenvalue weighted by Gasteiger charge is 2.18. The predicted molar refractivity (Wildman–Crippen MR) is 80.5 cm³/mol. The maximum atomic E-state index is 12.2. The van der Waals surface area contributed by atoms with E-state index < -0.39 is 23.0 Å². The van der Waals surface area contributed by atoms with Crippen LogP contribution in [0.4, 0.5) is 14.6 Å². The van der Waals surface area contributed by atoms with E-state index in [1.54, 1.807) is 0 Å². The Morgan fingerprint density at radius 2 is 1.91 bits per heavy atom. The SMILES string of the molecule is C[C@@H](CS(=O)(=O)Nc1ccn(CC(F)F)n1)c1ccccc1. The summed E-state index contributed by atoms with van der Waals surface area (Å²) in [5.74, 6) is -0.263. The van der Waals surface area contributed by atoms with Crippen LogP contribution in [0.5, 0.6) is 0 Å². The number of hydrogen-bond acceptors (Lipinski definition) is 3.